The highest BCUT2D eigenvalue weighted by atomic mass is 16.5. The first-order valence-corrected chi connectivity index (χ1v) is 2.86. The second-order valence-electron chi connectivity index (χ2n) is 1.95. The molecule has 4 nitrogen and oxygen atoms in total. The lowest BCUT2D eigenvalue weighted by Gasteiger charge is -2.11. The summed E-state index contributed by atoms with van der Waals surface area (Å²) in [5.41, 5.74) is 0. The Hall–Kier alpha value is -1.06. The van der Waals surface area contributed by atoms with Crippen molar-refractivity contribution >= 4 is 11.9 Å². The third-order valence-corrected chi connectivity index (χ3v) is 1.13. The number of nitrogens with zero attached hydrogens (tertiary/aromatic N) is 1. The fourth-order valence-electron chi connectivity index (χ4n) is 0.370. The Kier molecular flexibility index (Phi) is 3.46. The zero-order valence-electron chi connectivity index (χ0n) is 6.38. The van der Waals surface area contributed by atoms with Crippen LogP contribution in [0.25, 0.3) is 0 Å². The van der Waals surface area contributed by atoms with E-state index in [0.29, 0.717) is 0 Å². The molecule has 10 heavy (non-hydrogen) atoms. The van der Waals surface area contributed by atoms with E-state index in [1.165, 1.54) is 18.9 Å². The van der Waals surface area contributed by atoms with Gasteiger partial charge in [0.15, 0.2) is 0 Å². The molecule has 1 amide bonds. The average Bonchev–Trinajstić information content (AvgIpc) is 1.87. The molecule has 0 saturated carbocycles. The molecular weight excluding hydrogens is 134 g/mol. The van der Waals surface area contributed by atoms with Crippen molar-refractivity contribution in [3.8, 4) is 0 Å². The van der Waals surface area contributed by atoms with Crippen LogP contribution in [0.3, 0.4) is 0 Å². The number of amides is 1. The lowest BCUT2D eigenvalue weighted by atomic mass is 10.5. The first kappa shape index (κ1) is 8.94. The van der Waals surface area contributed by atoms with Crippen molar-refractivity contribution in [2.45, 2.75) is 6.92 Å². The Morgan fingerprint density at radius 2 is 2.00 bits per heavy atom. The van der Waals surface area contributed by atoms with Gasteiger partial charge in [0, 0.05) is 14.0 Å². The number of rotatable bonds is 2. The van der Waals surface area contributed by atoms with E-state index in [2.05, 4.69) is 4.74 Å². The van der Waals surface area contributed by atoms with Gasteiger partial charge in [0.05, 0.1) is 7.11 Å². The van der Waals surface area contributed by atoms with Crippen LogP contribution in [-0.4, -0.2) is 37.5 Å². The van der Waals surface area contributed by atoms with Gasteiger partial charge >= 0.3 is 5.97 Å². The molecule has 0 N–H and O–H groups in total. The first-order valence-electron chi connectivity index (χ1n) is 2.86. The highest BCUT2D eigenvalue weighted by Gasteiger charge is 2.07. The van der Waals surface area contributed by atoms with Crippen molar-refractivity contribution in [1.29, 1.82) is 0 Å². The predicted molar refractivity (Wildman–Crippen MR) is 35.3 cm³/mol. The van der Waals surface area contributed by atoms with Gasteiger partial charge in [0.1, 0.15) is 6.54 Å². The summed E-state index contributed by atoms with van der Waals surface area (Å²) in [5.74, 6) is -0.553. The highest BCUT2D eigenvalue weighted by Crippen LogP contribution is 1.83. The maximum atomic E-state index is 10.5. The summed E-state index contributed by atoms with van der Waals surface area (Å²) < 4.78 is 4.34. The van der Waals surface area contributed by atoms with E-state index in [4.69, 9.17) is 0 Å². The van der Waals surface area contributed by atoms with Crippen LogP contribution >= 0.6 is 0 Å². The second-order valence-corrected chi connectivity index (χ2v) is 1.95. The molecule has 0 aromatic carbocycles. The van der Waals surface area contributed by atoms with Gasteiger partial charge in [-0.15, -0.1) is 0 Å². The molecule has 0 unspecified atom stereocenters. The maximum absolute atomic E-state index is 10.5. The summed E-state index contributed by atoms with van der Waals surface area (Å²) in [6.07, 6.45) is 0. The van der Waals surface area contributed by atoms with E-state index in [1.54, 1.807) is 7.05 Å². The van der Waals surface area contributed by atoms with Gasteiger partial charge in [-0.25, -0.2) is 0 Å². The summed E-state index contributed by atoms with van der Waals surface area (Å²) in [6.45, 7) is 1.41. The average molecular weight is 145 g/mol. The molecule has 0 aliphatic rings. The van der Waals surface area contributed by atoms with E-state index in [1.807, 2.05) is 0 Å². The van der Waals surface area contributed by atoms with E-state index < -0.39 is 5.97 Å². The third-order valence-electron chi connectivity index (χ3n) is 1.13. The SMILES string of the molecule is COC(=O)CN(C)C(C)=O. The zero-order valence-corrected chi connectivity index (χ0v) is 6.38. The lowest BCUT2D eigenvalue weighted by molar-refractivity contribution is -0.145. The molecule has 0 aromatic heterocycles. The standard InChI is InChI=1S/C6H11NO3/c1-5(8)7(2)4-6(9)10-3/h4H2,1-3H3. The summed E-state index contributed by atoms with van der Waals surface area (Å²) in [4.78, 5) is 22.3. The Bertz CT molecular complexity index is 144. The fourth-order valence-corrected chi connectivity index (χ4v) is 0.370. The third kappa shape index (κ3) is 3.06. The number of methoxy groups -OCH3 is 1. The van der Waals surface area contributed by atoms with Crippen LogP contribution < -0.4 is 0 Å². The number of ether oxygens (including phenoxy) is 1. The molecule has 0 heterocycles. The van der Waals surface area contributed by atoms with Gasteiger partial charge in [0.25, 0.3) is 0 Å². The summed E-state index contributed by atoms with van der Waals surface area (Å²) in [6, 6.07) is 0. The minimum Gasteiger partial charge on any atom is -0.468 e. The van der Waals surface area contributed by atoms with E-state index in [0.717, 1.165) is 0 Å². The van der Waals surface area contributed by atoms with Crippen LogP contribution in [0.4, 0.5) is 0 Å². The van der Waals surface area contributed by atoms with Gasteiger partial charge < -0.3 is 9.64 Å². The number of hydrogen-bond donors (Lipinski definition) is 0. The van der Waals surface area contributed by atoms with Gasteiger partial charge in [-0.05, 0) is 0 Å². The van der Waals surface area contributed by atoms with Crippen molar-refractivity contribution in [3.63, 3.8) is 0 Å². The Morgan fingerprint density at radius 1 is 1.50 bits per heavy atom. The summed E-state index contributed by atoms with van der Waals surface area (Å²) in [5, 5.41) is 0. The van der Waals surface area contributed by atoms with Crippen LogP contribution in [0, 0.1) is 0 Å². The van der Waals surface area contributed by atoms with Gasteiger partial charge in [0.2, 0.25) is 5.91 Å². The van der Waals surface area contributed by atoms with Crippen LogP contribution in [0.2, 0.25) is 0 Å². The molecule has 0 bridgehead atoms. The maximum Gasteiger partial charge on any atom is 0.325 e. The van der Waals surface area contributed by atoms with Gasteiger partial charge in [-0.1, -0.05) is 0 Å². The van der Waals surface area contributed by atoms with Gasteiger partial charge in [-0.2, -0.15) is 0 Å². The van der Waals surface area contributed by atoms with Gasteiger partial charge in [-0.3, -0.25) is 9.59 Å². The molecule has 0 aliphatic heterocycles. The van der Waals surface area contributed by atoms with Crippen molar-refractivity contribution in [3.05, 3.63) is 0 Å². The van der Waals surface area contributed by atoms with E-state index in [9.17, 15) is 9.59 Å². The molecule has 0 spiro atoms. The van der Waals surface area contributed by atoms with Crippen molar-refractivity contribution in [2.75, 3.05) is 20.7 Å². The summed E-state index contributed by atoms with van der Waals surface area (Å²) in [7, 11) is 2.83. The molecule has 0 saturated heterocycles. The van der Waals surface area contributed by atoms with Crippen LogP contribution in [0.15, 0.2) is 0 Å². The van der Waals surface area contributed by atoms with Crippen LogP contribution in [0.1, 0.15) is 6.92 Å². The van der Waals surface area contributed by atoms with Crippen molar-refractivity contribution in [1.82, 2.24) is 4.90 Å². The minimum absolute atomic E-state index is 0.0197. The predicted octanol–water partition coefficient (Wildman–Crippen LogP) is -0.362. The molecular formula is C6H11NO3. The van der Waals surface area contributed by atoms with E-state index in [-0.39, 0.29) is 12.5 Å². The highest BCUT2D eigenvalue weighted by molar-refractivity contribution is 5.80. The fraction of sp³-hybridized carbons (Fsp3) is 0.667. The quantitative estimate of drug-likeness (QED) is 0.498. The topological polar surface area (TPSA) is 46.6 Å². The Balaban J connectivity index is 3.68. The Labute approximate surface area is 59.8 Å². The van der Waals surface area contributed by atoms with Crippen LogP contribution in [0.5, 0.6) is 0 Å². The Morgan fingerprint density at radius 3 is 2.30 bits per heavy atom. The molecule has 0 aromatic rings. The number of esters is 1. The zero-order chi connectivity index (χ0) is 8.15. The number of carbonyl (C=O) groups is 2. The number of carbonyl (C=O) groups excluding carboxylic acids is 2. The normalized spacial score (nSPS) is 8.70. The minimum atomic E-state index is -0.405. The number of likely N-dealkylation sites (N-methyl/N-ethyl adjacent to an activating group) is 1. The molecule has 4 heteroatoms. The van der Waals surface area contributed by atoms with Crippen LogP contribution in [-0.2, 0) is 14.3 Å². The molecule has 0 atom stereocenters. The molecule has 0 radical (unpaired) electrons. The molecule has 0 aliphatic carbocycles. The smallest absolute Gasteiger partial charge is 0.325 e. The second kappa shape index (κ2) is 3.87. The van der Waals surface area contributed by atoms with Crippen molar-refractivity contribution < 1.29 is 14.3 Å². The monoisotopic (exact) mass is 145 g/mol. The molecule has 0 fully saturated rings. The number of hydrogen-bond acceptors (Lipinski definition) is 3. The largest absolute Gasteiger partial charge is 0.468 e. The summed E-state index contributed by atoms with van der Waals surface area (Å²) >= 11 is 0. The van der Waals surface area contributed by atoms with E-state index >= 15 is 0 Å². The molecule has 0 rings (SSSR count). The lowest BCUT2D eigenvalue weighted by Crippen LogP contribution is -2.30. The van der Waals surface area contributed by atoms with Crippen molar-refractivity contribution in [2.24, 2.45) is 0 Å². The first-order chi connectivity index (χ1) is 4.57. The molecule has 58 valence electrons.